The van der Waals surface area contributed by atoms with Gasteiger partial charge in [0.1, 0.15) is 30.2 Å². The lowest BCUT2D eigenvalue weighted by Gasteiger charge is -2.26. The highest BCUT2D eigenvalue weighted by molar-refractivity contribution is 5.62. The Balaban J connectivity index is 1.23. The molecule has 1 atom stereocenters. The van der Waals surface area contributed by atoms with Crippen molar-refractivity contribution in [2.75, 3.05) is 39.5 Å². The van der Waals surface area contributed by atoms with Crippen LogP contribution < -0.4 is 10.1 Å². The van der Waals surface area contributed by atoms with Crippen molar-refractivity contribution in [2.45, 2.75) is 19.2 Å². The van der Waals surface area contributed by atoms with Gasteiger partial charge in [-0.25, -0.2) is 14.4 Å². The fourth-order valence-electron chi connectivity index (χ4n) is 3.60. The number of halogens is 1. The van der Waals surface area contributed by atoms with Crippen LogP contribution in [0.4, 0.5) is 4.39 Å². The molecule has 7 nitrogen and oxygen atoms in total. The first-order valence-electron chi connectivity index (χ1n) is 11.2. The smallest absolute Gasteiger partial charge is 0.132 e. The molecular weight excluding hydrogens is 423 g/mol. The molecule has 1 aliphatic heterocycles. The van der Waals surface area contributed by atoms with Gasteiger partial charge >= 0.3 is 0 Å². The molecule has 33 heavy (non-hydrogen) atoms. The average Bonchev–Trinajstić information content (AvgIpc) is 2.85. The second kappa shape index (κ2) is 11.8. The van der Waals surface area contributed by atoms with E-state index in [1.165, 1.54) is 12.1 Å². The van der Waals surface area contributed by atoms with Crippen LogP contribution in [0.25, 0.3) is 11.1 Å². The first-order chi connectivity index (χ1) is 16.2. The highest BCUT2D eigenvalue weighted by Gasteiger charge is 2.10. The van der Waals surface area contributed by atoms with Crippen LogP contribution in [0.3, 0.4) is 0 Å². The topological polar surface area (TPSA) is 79.7 Å². The zero-order valence-corrected chi connectivity index (χ0v) is 18.5. The van der Waals surface area contributed by atoms with E-state index in [-0.39, 0.29) is 12.2 Å². The van der Waals surface area contributed by atoms with Gasteiger partial charge in [0.2, 0.25) is 0 Å². The molecule has 1 saturated heterocycles. The van der Waals surface area contributed by atoms with Gasteiger partial charge in [-0.2, -0.15) is 0 Å². The molecule has 2 aromatic carbocycles. The number of nitrogens with zero attached hydrogens (tertiary/aromatic N) is 3. The Morgan fingerprint density at radius 1 is 1.06 bits per heavy atom. The Bertz CT molecular complexity index is 995. The van der Waals surface area contributed by atoms with Crippen LogP contribution in [-0.2, 0) is 17.7 Å². The fraction of sp³-hybridized carbons (Fsp3) is 0.360. The molecule has 2 N–H and O–H groups in total. The fourth-order valence-corrected chi connectivity index (χ4v) is 3.60. The summed E-state index contributed by atoms with van der Waals surface area (Å²) in [6.07, 6.45) is 2.92. The third-order valence-electron chi connectivity index (χ3n) is 5.48. The molecule has 0 radical (unpaired) electrons. The number of aromatic nitrogens is 2. The Labute approximate surface area is 193 Å². The van der Waals surface area contributed by atoms with E-state index in [0.717, 1.165) is 55.3 Å². The summed E-state index contributed by atoms with van der Waals surface area (Å²) in [6.45, 7) is 5.39. The molecule has 0 bridgehead atoms. The normalized spacial score (nSPS) is 15.3. The van der Waals surface area contributed by atoms with Gasteiger partial charge < -0.3 is 14.6 Å². The van der Waals surface area contributed by atoms with E-state index < -0.39 is 6.23 Å². The molecule has 1 fully saturated rings. The number of hydrogen-bond acceptors (Lipinski definition) is 7. The number of benzene rings is 2. The van der Waals surface area contributed by atoms with E-state index in [1.807, 2.05) is 24.3 Å². The van der Waals surface area contributed by atoms with Gasteiger partial charge in [-0.15, -0.1) is 0 Å². The van der Waals surface area contributed by atoms with Crippen LogP contribution >= 0.6 is 0 Å². The minimum absolute atomic E-state index is 0.255. The molecule has 4 rings (SSSR count). The largest absolute Gasteiger partial charge is 0.492 e. The maximum atomic E-state index is 13.2. The molecule has 8 heteroatoms. The van der Waals surface area contributed by atoms with Crippen molar-refractivity contribution in [3.63, 3.8) is 0 Å². The van der Waals surface area contributed by atoms with Crippen molar-refractivity contribution in [3.8, 4) is 16.9 Å². The number of aliphatic hydroxyl groups is 1. The average molecular weight is 453 g/mol. The molecule has 1 aromatic heterocycles. The molecule has 3 aromatic rings. The molecular formula is C25H29FN4O3. The zero-order valence-electron chi connectivity index (χ0n) is 18.5. The number of nitrogens with one attached hydrogen (secondary N) is 1. The Morgan fingerprint density at radius 3 is 2.55 bits per heavy atom. The van der Waals surface area contributed by atoms with Crippen LogP contribution in [0.1, 0.15) is 11.4 Å². The number of morpholine rings is 1. The highest BCUT2D eigenvalue weighted by Crippen LogP contribution is 2.21. The standard InChI is InChI=1S/C25H29FN4O3/c26-22-3-1-2-19(14-22)16-29-25(31)15-24-27-17-21(18-28-24)20-4-6-23(7-5-20)33-13-10-30-8-11-32-12-9-30/h1-7,14,17-18,25,29,31H,8-13,15-16H2. The molecule has 0 amide bonds. The number of hydrogen-bond donors (Lipinski definition) is 2. The van der Waals surface area contributed by atoms with Crippen molar-refractivity contribution in [1.82, 2.24) is 20.2 Å². The Kier molecular flexibility index (Phi) is 8.32. The molecule has 0 aliphatic carbocycles. The summed E-state index contributed by atoms with van der Waals surface area (Å²) in [7, 11) is 0. The summed E-state index contributed by atoms with van der Waals surface area (Å²) in [5.41, 5.74) is 2.64. The molecule has 2 heterocycles. The summed E-state index contributed by atoms with van der Waals surface area (Å²) in [5, 5.41) is 13.1. The number of rotatable bonds is 10. The lowest BCUT2D eigenvalue weighted by Crippen LogP contribution is -2.38. The Morgan fingerprint density at radius 2 is 1.82 bits per heavy atom. The number of aliphatic hydroxyl groups excluding tert-OH is 1. The monoisotopic (exact) mass is 452 g/mol. The predicted molar refractivity (Wildman–Crippen MR) is 123 cm³/mol. The van der Waals surface area contributed by atoms with Crippen LogP contribution in [-0.4, -0.2) is 65.7 Å². The highest BCUT2D eigenvalue weighted by atomic mass is 19.1. The first kappa shape index (κ1) is 23.3. The maximum Gasteiger partial charge on any atom is 0.132 e. The van der Waals surface area contributed by atoms with Gasteiger partial charge in [0.05, 0.1) is 13.2 Å². The van der Waals surface area contributed by atoms with Gasteiger partial charge in [0.25, 0.3) is 0 Å². The van der Waals surface area contributed by atoms with Gasteiger partial charge in [-0.1, -0.05) is 24.3 Å². The van der Waals surface area contributed by atoms with E-state index >= 15 is 0 Å². The van der Waals surface area contributed by atoms with Crippen LogP contribution in [0.5, 0.6) is 5.75 Å². The molecule has 1 unspecified atom stereocenters. The lowest BCUT2D eigenvalue weighted by molar-refractivity contribution is 0.0322. The minimum atomic E-state index is -0.826. The van der Waals surface area contributed by atoms with Crippen LogP contribution in [0, 0.1) is 5.82 Å². The Hall–Kier alpha value is -2.91. The second-order valence-corrected chi connectivity index (χ2v) is 7.95. The third kappa shape index (κ3) is 7.30. The second-order valence-electron chi connectivity index (χ2n) is 7.95. The molecule has 174 valence electrons. The molecule has 1 aliphatic rings. The van der Waals surface area contributed by atoms with Crippen molar-refractivity contribution in [1.29, 1.82) is 0 Å². The number of ether oxygens (including phenoxy) is 2. The van der Waals surface area contributed by atoms with E-state index in [9.17, 15) is 9.50 Å². The molecule has 0 spiro atoms. The predicted octanol–water partition coefficient (Wildman–Crippen LogP) is 2.64. The van der Waals surface area contributed by atoms with E-state index in [2.05, 4.69) is 20.2 Å². The van der Waals surface area contributed by atoms with Gasteiger partial charge in [-0.05, 0) is 35.4 Å². The molecule has 0 saturated carbocycles. The summed E-state index contributed by atoms with van der Waals surface area (Å²) in [5.74, 6) is 1.06. The van der Waals surface area contributed by atoms with Crippen LogP contribution in [0.15, 0.2) is 60.9 Å². The quantitative estimate of drug-likeness (QED) is 0.458. The lowest BCUT2D eigenvalue weighted by atomic mass is 10.1. The van der Waals surface area contributed by atoms with E-state index in [0.29, 0.717) is 19.0 Å². The summed E-state index contributed by atoms with van der Waals surface area (Å²) in [4.78, 5) is 11.1. The van der Waals surface area contributed by atoms with E-state index in [4.69, 9.17) is 9.47 Å². The summed E-state index contributed by atoms with van der Waals surface area (Å²) in [6, 6.07) is 14.1. The van der Waals surface area contributed by atoms with Gasteiger partial charge in [0, 0.05) is 50.6 Å². The third-order valence-corrected chi connectivity index (χ3v) is 5.48. The van der Waals surface area contributed by atoms with Crippen LogP contribution in [0.2, 0.25) is 0 Å². The maximum absolute atomic E-state index is 13.2. The summed E-state index contributed by atoms with van der Waals surface area (Å²) < 4.78 is 24.5. The zero-order chi connectivity index (χ0) is 22.9. The van der Waals surface area contributed by atoms with E-state index in [1.54, 1.807) is 24.5 Å². The van der Waals surface area contributed by atoms with Crippen molar-refractivity contribution in [2.24, 2.45) is 0 Å². The first-order valence-corrected chi connectivity index (χ1v) is 11.2. The van der Waals surface area contributed by atoms with Gasteiger partial charge in [-0.3, -0.25) is 10.2 Å². The summed E-state index contributed by atoms with van der Waals surface area (Å²) >= 11 is 0. The minimum Gasteiger partial charge on any atom is -0.492 e. The van der Waals surface area contributed by atoms with Crippen molar-refractivity contribution < 1.29 is 19.0 Å². The van der Waals surface area contributed by atoms with Gasteiger partial charge in [0.15, 0.2) is 0 Å². The van der Waals surface area contributed by atoms with Crippen molar-refractivity contribution >= 4 is 0 Å². The van der Waals surface area contributed by atoms with Crippen molar-refractivity contribution in [3.05, 3.63) is 78.1 Å². The SMILES string of the molecule is OC(Cc1ncc(-c2ccc(OCCN3CCOCC3)cc2)cn1)NCc1cccc(F)c1.